The Morgan fingerprint density at radius 1 is 1.07 bits per heavy atom. The lowest BCUT2D eigenvalue weighted by Gasteiger charge is -2.37. The third-order valence-electron chi connectivity index (χ3n) is 6.60. The molecule has 1 aromatic carbocycles. The third kappa shape index (κ3) is 4.58. The van der Waals surface area contributed by atoms with E-state index in [1.54, 1.807) is 11.4 Å². The Kier molecular flexibility index (Phi) is 6.65. The summed E-state index contributed by atoms with van der Waals surface area (Å²) in [5, 5.41) is 0. The number of anilines is 1. The second-order valence-corrected chi connectivity index (χ2v) is 11.9. The lowest BCUT2D eigenvalue weighted by Crippen LogP contribution is -2.47. The van der Waals surface area contributed by atoms with Gasteiger partial charge in [0.25, 0.3) is 0 Å². The zero-order chi connectivity index (χ0) is 22.2. The van der Waals surface area contributed by atoms with Crippen molar-refractivity contribution in [2.75, 3.05) is 44.0 Å². The number of rotatable bonds is 7. The molecular weight excluding hydrogens is 400 g/mol. The van der Waals surface area contributed by atoms with E-state index in [1.807, 2.05) is 30.9 Å². The summed E-state index contributed by atoms with van der Waals surface area (Å²) in [6, 6.07) is 8.19. The molecule has 0 atom stereocenters. The van der Waals surface area contributed by atoms with Gasteiger partial charge in [-0.05, 0) is 42.9 Å². The first-order chi connectivity index (χ1) is 14.0. The number of piperidine rings is 1. The fourth-order valence-electron chi connectivity index (χ4n) is 4.79. The second kappa shape index (κ2) is 8.60. The summed E-state index contributed by atoms with van der Waals surface area (Å²) >= 11 is 0. The Bertz CT molecular complexity index is 854. The molecule has 0 saturated carbocycles. The highest BCUT2D eigenvalue weighted by Crippen LogP contribution is 2.43. The van der Waals surface area contributed by atoms with Gasteiger partial charge in [0.05, 0.1) is 17.8 Å². The van der Waals surface area contributed by atoms with Gasteiger partial charge in [-0.15, -0.1) is 0 Å². The summed E-state index contributed by atoms with van der Waals surface area (Å²) in [7, 11) is -1.53. The van der Waals surface area contributed by atoms with Gasteiger partial charge in [0.1, 0.15) is 0 Å². The fourth-order valence-corrected chi connectivity index (χ4v) is 6.58. The van der Waals surface area contributed by atoms with Crippen molar-refractivity contribution < 1.29 is 17.9 Å². The molecule has 0 aliphatic carbocycles. The molecule has 2 saturated heterocycles. The molecule has 0 N–H and O–H groups in total. The molecule has 7 heteroatoms. The van der Waals surface area contributed by atoms with Crippen molar-refractivity contribution in [3.05, 3.63) is 29.8 Å². The summed E-state index contributed by atoms with van der Waals surface area (Å²) in [6.07, 6.45) is 2.01. The van der Waals surface area contributed by atoms with E-state index >= 15 is 0 Å². The topological polar surface area (TPSA) is 66.9 Å². The van der Waals surface area contributed by atoms with E-state index in [2.05, 4.69) is 26.0 Å². The first-order valence-electron chi connectivity index (χ1n) is 10.9. The number of hydrogen-bond donors (Lipinski definition) is 0. The summed E-state index contributed by atoms with van der Waals surface area (Å²) in [5.41, 5.74) is 1.59. The fraction of sp³-hybridized carbons (Fsp3) is 0.696. The molecule has 1 aromatic rings. The highest BCUT2D eigenvalue weighted by molar-refractivity contribution is 7.89. The summed E-state index contributed by atoms with van der Waals surface area (Å²) < 4.78 is 32.0. The SMILES string of the molecule is COCC(C)(C)c1ccc(N2CCC3(CCN(S(=O)(=O)CC(C)C)CC3)C2=O)cc1. The molecule has 2 heterocycles. The molecule has 1 spiro atoms. The molecule has 2 aliphatic rings. The predicted octanol–water partition coefficient (Wildman–Crippen LogP) is 3.42. The number of benzene rings is 1. The second-order valence-electron chi connectivity index (χ2n) is 9.92. The standard InChI is InChI=1S/C23H36N2O4S/c1-18(2)16-30(27,28)24-13-10-23(11-14-24)12-15-25(21(23)26)20-8-6-19(7-9-20)22(3,4)17-29-5/h6-9,18H,10-17H2,1-5H3. The molecular formula is C23H36N2O4S. The van der Waals surface area contributed by atoms with Gasteiger partial charge in [-0.2, -0.15) is 0 Å². The van der Waals surface area contributed by atoms with Crippen molar-refractivity contribution in [3.8, 4) is 0 Å². The van der Waals surface area contributed by atoms with Crippen molar-refractivity contribution in [2.24, 2.45) is 11.3 Å². The Morgan fingerprint density at radius 3 is 2.17 bits per heavy atom. The average Bonchev–Trinajstić information content (AvgIpc) is 2.97. The molecule has 0 radical (unpaired) electrons. The number of carbonyl (C=O) groups excluding carboxylic acids is 1. The number of methoxy groups -OCH3 is 1. The van der Waals surface area contributed by atoms with Crippen LogP contribution in [0.25, 0.3) is 0 Å². The maximum atomic E-state index is 13.3. The van der Waals surface area contributed by atoms with Crippen molar-refractivity contribution in [3.63, 3.8) is 0 Å². The molecule has 1 amide bonds. The van der Waals surface area contributed by atoms with Gasteiger partial charge in [-0.3, -0.25) is 4.79 Å². The van der Waals surface area contributed by atoms with E-state index in [0.29, 0.717) is 39.1 Å². The molecule has 168 valence electrons. The summed E-state index contributed by atoms with van der Waals surface area (Å²) in [4.78, 5) is 15.2. The summed E-state index contributed by atoms with van der Waals surface area (Å²) in [5.74, 6) is 0.421. The number of sulfonamides is 1. The zero-order valence-electron chi connectivity index (χ0n) is 19.0. The van der Waals surface area contributed by atoms with Crippen LogP contribution in [0.5, 0.6) is 0 Å². The van der Waals surface area contributed by atoms with Crippen LogP contribution in [0, 0.1) is 11.3 Å². The molecule has 3 rings (SSSR count). The minimum absolute atomic E-state index is 0.0855. The zero-order valence-corrected chi connectivity index (χ0v) is 19.8. The quantitative estimate of drug-likeness (QED) is 0.657. The van der Waals surface area contributed by atoms with Gasteiger partial charge in [0.15, 0.2) is 0 Å². The van der Waals surface area contributed by atoms with Crippen LogP contribution in [0.3, 0.4) is 0 Å². The van der Waals surface area contributed by atoms with Gasteiger partial charge in [-0.25, -0.2) is 12.7 Å². The van der Waals surface area contributed by atoms with Crippen LogP contribution in [-0.4, -0.2) is 57.7 Å². The maximum absolute atomic E-state index is 13.3. The van der Waals surface area contributed by atoms with Crippen molar-refractivity contribution >= 4 is 21.6 Å². The Hall–Kier alpha value is -1.44. The smallest absolute Gasteiger partial charge is 0.233 e. The maximum Gasteiger partial charge on any atom is 0.233 e. The minimum atomic E-state index is -3.24. The number of nitrogens with zero attached hydrogens (tertiary/aromatic N) is 2. The number of amides is 1. The van der Waals surface area contributed by atoms with Crippen LogP contribution >= 0.6 is 0 Å². The van der Waals surface area contributed by atoms with Gasteiger partial charge in [0.2, 0.25) is 15.9 Å². The molecule has 0 bridgehead atoms. The van der Waals surface area contributed by atoms with E-state index in [1.165, 1.54) is 5.56 Å². The first kappa shape index (κ1) is 23.2. The molecule has 2 fully saturated rings. The van der Waals surface area contributed by atoms with Crippen molar-refractivity contribution in [1.82, 2.24) is 4.31 Å². The van der Waals surface area contributed by atoms with E-state index < -0.39 is 15.4 Å². The van der Waals surface area contributed by atoms with Gasteiger partial charge in [-0.1, -0.05) is 39.8 Å². The Morgan fingerprint density at radius 2 is 1.63 bits per heavy atom. The van der Waals surface area contributed by atoms with Crippen molar-refractivity contribution in [2.45, 2.75) is 52.4 Å². The first-order valence-corrected chi connectivity index (χ1v) is 12.5. The average molecular weight is 437 g/mol. The number of ether oxygens (including phenoxy) is 1. The number of carbonyl (C=O) groups is 1. The normalized spacial score (nSPS) is 20.5. The van der Waals surface area contributed by atoms with Gasteiger partial charge < -0.3 is 9.64 Å². The molecule has 2 aliphatic heterocycles. The highest BCUT2D eigenvalue weighted by atomic mass is 32.2. The third-order valence-corrected chi connectivity index (χ3v) is 8.84. The summed E-state index contributed by atoms with van der Waals surface area (Å²) in [6.45, 7) is 10.3. The minimum Gasteiger partial charge on any atom is -0.384 e. The lowest BCUT2D eigenvalue weighted by atomic mass is 9.77. The monoisotopic (exact) mass is 436 g/mol. The van der Waals surface area contributed by atoms with Crippen LogP contribution in [0.2, 0.25) is 0 Å². The van der Waals surface area contributed by atoms with Gasteiger partial charge >= 0.3 is 0 Å². The van der Waals surface area contributed by atoms with Crippen LogP contribution in [0.15, 0.2) is 24.3 Å². The van der Waals surface area contributed by atoms with E-state index in [9.17, 15) is 13.2 Å². The molecule has 6 nitrogen and oxygen atoms in total. The Balaban J connectivity index is 1.68. The van der Waals surface area contributed by atoms with Crippen molar-refractivity contribution in [1.29, 1.82) is 0 Å². The largest absolute Gasteiger partial charge is 0.384 e. The van der Waals surface area contributed by atoms with E-state index in [-0.39, 0.29) is 23.0 Å². The van der Waals surface area contributed by atoms with Crippen LogP contribution in [0.4, 0.5) is 5.69 Å². The number of hydrogen-bond acceptors (Lipinski definition) is 4. The predicted molar refractivity (Wildman–Crippen MR) is 120 cm³/mol. The van der Waals surface area contributed by atoms with Crippen LogP contribution in [0.1, 0.15) is 52.5 Å². The Labute approximate surface area is 181 Å². The van der Waals surface area contributed by atoms with Gasteiger partial charge in [0, 0.05) is 37.8 Å². The molecule has 0 aromatic heterocycles. The van der Waals surface area contributed by atoms with Crippen LogP contribution in [-0.2, 0) is 25.0 Å². The lowest BCUT2D eigenvalue weighted by molar-refractivity contribution is -0.127. The van der Waals surface area contributed by atoms with E-state index in [0.717, 1.165) is 12.1 Å². The van der Waals surface area contributed by atoms with E-state index in [4.69, 9.17) is 4.74 Å². The molecule has 0 unspecified atom stereocenters. The highest BCUT2D eigenvalue weighted by Gasteiger charge is 2.49. The molecule has 30 heavy (non-hydrogen) atoms. The van der Waals surface area contributed by atoms with Crippen LogP contribution < -0.4 is 4.90 Å².